The molecule has 0 fully saturated rings. The predicted octanol–water partition coefficient (Wildman–Crippen LogP) is 3.25. The van der Waals surface area contributed by atoms with Crippen molar-refractivity contribution in [2.75, 3.05) is 0 Å². The second-order valence-corrected chi connectivity index (χ2v) is 3.66. The molecule has 0 aliphatic carbocycles. The topological polar surface area (TPSA) is 20.2 Å². The summed E-state index contributed by atoms with van der Waals surface area (Å²) in [4.78, 5) is 0. The van der Waals surface area contributed by atoms with Crippen molar-refractivity contribution in [3.05, 3.63) is 34.9 Å². The fourth-order valence-electron chi connectivity index (χ4n) is 1.76. The Kier molecular flexibility index (Phi) is 4.15. The Morgan fingerprint density at radius 2 is 1.71 bits per heavy atom. The molecule has 0 aliphatic heterocycles. The van der Waals surface area contributed by atoms with E-state index in [0.717, 1.165) is 24.8 Å². The van der Waals surface area contributed by atoms with Gasteiger partial charge in [0, 0.05) is 0 Å². The van der Waals surface area contributed by atoms with Crippen LogP contribution in [0.3, 0.4) is 0 Å². The molecule has 14 heavy (non-hydrogen) atoms. The molecule has 1 rings (SSSR count). The van der Waals surface area contributed by atoms with Crippen LogP contribution < -0.4 is 0 Å². The third-order valence-electron chi connectivity index (χ3n) is 2.76. The van der Waals surface area contributed by atoms with Gasteiger partial charge < -0.3 is 5.11 Å². The lowest BCUT2D eigenvalue weighted by Crippen LogP contribution is -1.99. The molecule has 0 spiro atoms. The second kappa shape index (κ2) is 5.16. The van der Waals surface area contributed by atoms with Crippen LogP contribution in [0.2, 0.25) is 0 Å². The van der Waals surface area contributed by atoms with Gasteiger partial charge in [0.05, 0.1) is 6.10 Å². The largest absolute Gasteiger partial charge is 0.388 e. The van der Waals surface area contributed by atoms with Crippen LogP contribution in [0, 0.1) is 0 Å². The van der Waals surface area contributed by atoms with E-state index in [9.17, 15) is 5.11 Å². The van der Waals surface area contributed by atoms with Crippen molar-refractivity contribution in [3.63, 3.8) is 0 Å². The van der Waals surface area contributed by atoms with Gasteiger partial charge in [-0.2, -0.15) is 0 Å². The van der Waals surface area contributed by atoms with Gasteiger partial charge in [0.1, 0.15) is 0 Å². The molecule has 1 atom stereocenters. The van der Waals surface area contributed by atoms with Crippen molar-refractivity contribution < 1.29 is 5.11 Å². The van der Waals surface area contributed by atoms with Crippen LogP contribution >= 0.6 is 0 Å². The van der Waals surface area contributed by atoms with E-state index in [4.69, 9.17) is 0 Å². The molecule has 0 bridgehead atoms. The van der Waals surface area contributed by atoms with E-state index >= 15 is 0 Å². The van der Waals surface area contributed by atoms with E-state index in [1.165, 1.54) is 11.1 Å². The van der Waals surface area contributed by atoms with Gasteiger partial charge in [-0.25, -0.2) is 0 Å². The van der Waals surface area contributed by atoms with Crippen molar-refractivity contribution in [1.82, 2.24) is 0 Å². The molecule has 1 aromatic rings. The zero-order valence-corrected chi connectivity index (χ0v) is 9.38. The van der Waals surface area contributed by atoms with Crippen LogP contribution in [0.25, 0.3) is 0 Å². The van der Waals surface area contributed by atoms with Crippen molar-refractivity contribution in [1.29, 1.82) is 0 Å². The number of aryl methyl sites for hydroxylation is 2. The standard InChI is InChI=1S/C13H20O/c1-4-10-7-8-12(13(14)6-3)9-11(10)5-2/h7-9,13-14H,4-6H2,1-3H3/t13-/m0/s1. The Labute approximate surface area is 86.8 Å². The summed E-state index contributed by atoms with van der Waals surface area (Å²) in [5.41, 5.74) is 3.83. The highest BCUT2D eigenvalue weighted by atomic mass is 16.3. The normalized spacial score (nSPS) is 12.9. The van der Waals surface area contributed by atoms with E-state index in [1.807, 2.05) is 13.0 Å². The fraction of sp³-hybridized carbons (Fsp3) is 0.538. The molecule has 1 heteroatoms. The first-order valence-corrected chi connectivity index (χ1v) is 5.52. The number of aliphatic hydroxyl groups is 1. The highest BCUT2D eigenvalue weighted by molar-refractivity contribution is 5.33. The van der Waals surface area contributed by atoms with Crippen molar-refractivity contribution in [2.24, 2.45) is 0 Å². The minimum Gasteiger partial charge on any atom is -0.388 e. The quantitative estimate of drug-likeness (QED) is 0.776. The highest BCUT2D eigenvalue weighted by Crippen LogP contribution is 2.20. The van der Waals surface area contributed by atoms with Crippen molar-refractivity contribution in [2.45, 2.75) is 46.1 Å². The first-order chi connectivity index (χ1) is 6.72. The molecule has 1 nitrogen and oxygen atoms in total. The summed E-state index contributed by atoms with van der Waals surface area (Å²) in [6.45, 7) is 6.34. The molecule has 0 saturated carbocycles. The van der Waals surface area contributed by atoms with Crippen LogP contribution in [-0.2, 0) is 12.8 Å². The SMILES string of the molecule is CCc1ccc([C@@H](O)CC)cc1CC. The summed E-state index contributed by atoms with van der Waals surface area (Å²) in [6.07, 6.45) is 2.61. The fourth-order valence-corrected chi connectivity index (χ4v) is 1.76. The van der Waals surface area contributed by atoms with Gasteiger partial charge in [-0.3, -0.25) is 0 Å². The summed E-state index contributed by atoms with van der Waals surface area (Å²) in [7, 11) is 0. The molecule has 0 aromatic heterocycles. The first-order valence-electron chi connectivity index (χ1n) is 5.52. The lowest BCUT2D eigenvalue weighted by Gasteiger charge is -2.12. The summed E-state index contributed by atoms with van der Waals surface area (Å²) in [6, 6.07) is 6.34. The van der Waals surface area contributed by atoms with Gasteiger partial charge in [0.15, 0.2) is 0 Å². The number of aliphatic hydroxyl groups excluding tert-OH is 1. The van der Waals surface area contributed by atoms with Crippen molar-refractivity contribution >= 4 is 0 Å². The summed E-state index contributed by atoms with van der Waals surface area (Å²) in [5, 5.41) is 9.71. The predicted molar refractivity (Wildman–Crippen MR) is 60.4 cm³/mol. The van der Waals surface area contributed by atoms with Gasteiger partial charge in [-0.05, 0) is 36.0 Å². The maximum Gasteiger partial charge on any atom is 0.0787 e. The van der Waals surface area contributed by atoms with E-state index in [-0.39, 0.29) is 6.10 Å². The Balaban J connectivity index is 3.01. The third kappa shape index (κ3) is 2.36. The summed E-state index contributed by atoms with van der Waals surface area (Å²) in [5.74, 6) is 0. The smallest absolute Gasteiger partial charge is 0.0787 e. The van der Waals surface area contributed by atoms with Crippen LogP contribution in [0.15, 0.2) is 18.2 Å². The molecule has 78 valence electrons. The average Bonchev–Trinajstić information content (AvgIpc) is 2.26. The van der Waals surface area contributed by atoms with Crippen LogP contribution in [-0.4, -0.2) is 5.11 Å². The summed E-state index contributed by atoms with van der Waals surface area (Å²) >= 11 is 0. The Bertz CT molecular complexity index is 291. The zero-order valence-electron chi connectivity index (χ0n) is 9.38. The number of hydrogen-bond donors (Lipinski definition) is 1. The number of hydrogen-bond acceptors (Lipinski definition) is 1. The highest BCUT2D eigenvalue weighted by Gasteiger charge is 2.06. The third-order valence-corrected chi connectivity index (χ3v) is 2.76. The van der Waals surface area contributed by atoms with Crippen LogP contribution in [0.5, 0.6) is 0 Å². The summed E-state index contributed by atoms with van der Waals surface area (Å²) < 4.78 is 0. The monoisotopic (exact) mass is 192 g/mol. The van der Waals surface area contributed by atoms with Gasteiger partial charge in [-0.1, -0.05) is 39.0 Å². The van der Waals surface area contributed by atoms with Gasteiger partial charge in [0.25, 0.3) is 0 Å². The molecule has 0 radical (unpaired) electrons. The van der Waals surface area contributed by atoms with Gasteiger partial charge in [-0.15, -0.1) is 0 Å². The second-order valence-electron chi connectivity index (χ2n) is 3.66. The molecule has 0 unspecified atom stereocenters. The van der Waals surface area contributed by atoms with E-state index in [0.29, 0.717) is 0 Å². The van der Waals surface area contributed by atoms with Crippen LogP contribution in [0.1, 0.15) is 50.0 Å². The maximum absolute atomic E-state index is 9.71. The molecule has 0 aliphatic rings. The first kappa shape index (κ1) is 11.3. The lowest BCUT2D eigenvalue weighted by molar-refractivity contribution is 0.173. The van der Waals surface area contributed by atoms with E-state index < -0.39 is 0 Å². The van der Waals surface area contributed by atoms with E-state index in [2.05, 4.69) is 26.0 Å². The maximum atomic E-state index is 9.71. The van der Waals surface area contributed by atoms with Gasteiger partial charge in [0.2, 0.25) is 0 Å². The molecule has 0 amide bonds. The minimum absolute atomic E-state index is 0.300. The number of rotatable bonds is 4. The van der Waals surface area contributed by atoms with Crippen molar-refractivity contribution in [3.8, 4) is 0 Å². The molecule has 1 aromatic carbocycles. The molecule has 0 saturated heterocycles. The number of benzene rings is 1. The van der Waals surface area contributed by atoms with E-state index in [1.54, 1.807) is 0 Å². The zero-order chi connectivity index (χ0) is 10.6. The molecular weight excluding hydrogens is 172 g/mol. The Hall–Kier alpha value is -0.820. The van der Waals surface area contributed by atoms with Gasteiger partial charge >= 0.3 is 0 Å². The molecule has 1 N–H and O–H groups in total. The average molecular weight is 192 g/mol. The lowest BCUT2D eigenvalue weighted by atomic mass is 9.97. The Morgan fingerprint density at radius 1 is 1.07 bits per heavy atom. The van der Waals surface area contributed by atoms with Crippen LogP contribution in [0.4, 0.5) is 0 Å². The molecular formula is C13H20O. The Morgan fingerprint density at radius 3 is 2.21 bits per heavy atom. The molecule has 0 heterocycles. The minimum atomic E-state index is -0.300.